The monoisotopic (exact) mass is 444 g/mol. The van der Waals surface area contributed by atoms with Gasteiger partial charge in [-0.2, -0.15) is 8.42 Å². The summed E-state index contributed by atoms with van der Waals surface area (Å²) >= 11 is 0. The van der Waals surface area contributed by atoms with Crippen molar-refractivity contribution in [2.75, 3.05) is 24.6 Å². The first-order valence-electron chi connectivity index (χ1n) is 11.5. The van der Waals surface area contributed by atoms with Crippen molar-refractivity contribution in [3.63, 3.8) is 0 Å². The van der Waals surface area contributed by atoms with Gasteiger partial charge < -0.3 is 0 Å². The van der Waals surface area contributed by atoms with E-state index < -0.39 is 17.4 Å². The maximum absolute atomic E-state index is 10.7. The Morgan fingerprint density at radius 1 is 0.828 bits per heavy atom. The molecule has 0 heterocycles. The molecular formula is C24H45O3PS. The average molecular weight is 445 g/mol. The zero-order chi connectivity index (χ0) is 22.2. The SMILES string of the molecule is C=Cc1ccccc1S(=O)(=O)O.CCCC[PH](CCCC)(CCCC)CCCC. The van der Waals surface area contributed by atoms with E-state index in [-0.39, 0.29) is 4.90 Å². The second-order valence-electron chi connectivity index (χ2n) is 8.13. The molecule has 0 unspecified atom stereocenters. The molecule has 0 saturated carbocycles. The van der Waals surface area contributed by atoms with Gasteiger partial charge in [0.2, 0.25) is 0 Å². The van der Waals surface area contributed by atoms with Crippen molar-refractivity contribution in [1.29, 1.82) is 0 Å². The third kappa shape index (κ3) is 11.9. The van der Waals surface area contributed by atoms with Gasteiger partial charge in [0.05, 0.1) is 0 Å². The topological polar surface area (TPSA) is 54.4 Å². The average Bonchev–Trinajstić information content (AvgIpc) is 2.72. The van der Waals surface area contributed by atoms with Gasteiger partial charge in [-0.25, -0.2) is 0 Å². The van der Waals surface area contributed by atoms with Crippen LogP contribution in [-0.4, -0.2) is 37.6 Å². The molecule has 1 rings (SSSR count). The van der Waals surface area contributed by atoms with Crippen molar-refractivity contribution in [3.8, 4) is 0 Å². The summed E-state index contributed by atoms with van der Waals surface area (Å²) in [4.78, 5) is -0.111. The first-order valence-corrected chi connectivity index (χ1v) is 15.8. The van der Waals surface area contributed by atoms with Crippen LogP contribution in [0.5, 0.6) is 0 Å². The van der Waals surface area contributed by atoms with Gasteiger partial charge in [0.15, 0.2) is 0 Å². The van der Waals surface area contributed by atoms with Crippen molar-refractivity contribution in [2.45, 2.75) is 84.0 Å². The van der Waals surface area contributed by atoms with Crippen LogP contribution in [0.1, 0.15) is 84.6 Å². The van der Waals surface area contributed by atoms with Crippen LogP contribution in [0.15, 0.2) is 35.7 Å². The van der Waals surface area contributed by atoms with Gasteiger partial charge >= 0.3 is 111 Å². The van der Waals surface area contributed by atoms with Crippen LogP contribution in [-0.2, 0) is 10.1 Å². The number of unbranched alkanes of at least 4 members (excludes halogenated alkanes) is 4. The molecule has 1 aromatic carbocycles. The van der Waals surface area contributed by atoms with Crippen molar-refractivity contribution < 1.29 is 13.0 Å². The van der Waals surface area contributed by atoms with Crippen molar-refractivity contribution >= 4 is 23.5 Å². The molecule has 170 valence electrons. The van der Waals surface area contributed by atoms with Gasteiger partial charge in [-0.3, -0.25) is 4.55 Å². The third-order valence-corrected chi connectivity index (χ3v) is 12.2. The van der Waals surface area contributed by atoms with E-state index in [0.717, 1.165) is 0 Å². The number of hydrogen-bond donors (Lipinski definition) is 1. The van der Waals surface area contributed by atoms with Gasteiger partial charge in [0, 0.05) is 0 Å². The van der Waals surface area contributed by atoms with Crippen LogP contribution in [0.25, 0.3) is 6.08 Å². The minimum absolute atomic E-state index is 0.111. The summed E-state index contributed by atoms with van der Waals surface area (Å²) in [6.07, 6.45) is 19.5. The Morgan fingerprint density at radius 3 is 1.48 bits per heavy atom. The number of rotatable bonds is 14. The molecule has 0 atom stereocenters. The molecule has 1 aromatic rings. The second kappa shape index (κ2) is 16.1. The van der Waals surface area contributed by atoms with E-state index in [4.69, 9.17) is 4.55 Å². The Kier molecular flexibility index (Phi) is 15.7. The first kappa shape index (κ1) is 28.3. The van der Waals surface area contributed by atoms with Gasteiger partial charge in [-0.1, -0.05) is 30.9 Å². The van der Waals surface area contributed by atoms with Crippen LogP contribution in [0, 0.1) is 0 Å². The summed E-state index contributed by atoms with van der Waals surface area (Å²) in [5.41, 5.74) is 0.403. The van der Waals surface area contributed by atoms with Crippen LogP contribution in [0.4, 0.5) is 0 Å². The van der Waals surface area contributed by atoms with E-state index in [9.17, 15) is 8.42 Å². The van der Waals surface area contributed by atoms with Gasteiger partial charge in [-0.05, 0) is 11.6 Å². The Balaban J connectivity index is 0.000000571. The Morgan fingerprint density at radius 2 is 1.21 bits per heavy atom. The molecule has 3 nitrogen and oxygen atoms in total. The van der Waals surface area contributed by atoms with Crippen LogP contribution in [0.3, 0.4) is 0 Å². The van der Waals surface area contributed by atoms with Gasteiger partial charge in [0.1, 0.15) is 4.90 Å². The normalized spacial score (nSPS) is 12.2. The zero-order valence-electron chi connectivity index (χ0n) is 19.3. The molecule has 0 aliphatic carbocycles. The molecule has 0 radical (unpaired) electrons. The summed E-state index contributed by atoms with van der Waals surface area (Å²) in [5.74, 6) is 0. The maximum atomic E-state index is 10.7. The Labute approximate surface area is 181 Å². The van der Waals surface area contributed by atoms with Gasteiger partial charge in [-0.15, -0.1) is 0 Å². The summed E-state index contributed by atoms with van der Waals surface area (Å²) in [6, 6.07) is 6.10. The molecule has 5 heteroatoms. The number of benzene rings is 1. The fourth-order valence-corrected chi connectivity index (χ4v) is 10.5. The molecule has 0 saturated heterocycles. The van der Waals surface area contributed by atoms with E-state index in [1.54, 1.807) is 36.8 Å². The van der Waals surface area contributed by atoms with Crippen molar-refractivity contribution in [1.82, 2.24) is 0 Å². The summed E-state index contributed by atoms with van der Waals surface area (Å²) in [7, 11) is -5.00. The molecular weight excluding hydrogens is 399 g/mol. The van der Waals surface area contributed by atoms with E-state index in [1.165, 1.54) is 69.6 Å². The fraction of sp³-hybridized carbons (Fsp3) is 0.667. The van der Waals surface area contributed by atoms with Crippen molar-refractivity contribution in [2.24, 2.45) is 0 Å². The predicted octanol–water partition coefficient (Wildman–Crippen LogP) is 7.51. The molecule has 29 heavy (non-hydrogen) atoms. The van der Waals surface area contributed by atoms with E-state index in [1.807, 2.05) is 0 Å². The molecule has 1 N–H and O–H groups in total. The van der Waals surface area contributed by atoms with E-state index >= 15 is 0 Å². The molecule has 0 spiro atoms. The first-order chi connectivity index (χ1) is 13.8. The van der Waals surface area contributed by atoms with Crippen LogP contribution < -0.4 is 0 Å². The van der Waals surface area contributed by atoms with Crippen LogP contribution in [0.2, 0.25) is 0 Å². The zero-order valence-corrected chi connectivity index (χ0v) is 21.1. The molecule has 0 amide bonds. The number of hydrogen-bond acceptors (Lipinski definition) is 2. The minimum atomic E-state index is -4.12. The molecule has 0 aliphatic heterocycles. The van der Waals surface area contributed by atoms with Crippen molar-refractivity contribution in [3.05, 3.63) is 36.4 Å². The summed E-state index contributed by atoms with van der Waals surface area (Å²) < 4.78 is 30.2. The quantitative estimate of drug-likeness (QED) is 0.238. The molecule has 0 aliphatic rings. The second-order valence-corrected chi connectivity index (χ2v) is 14.5. The Bertz CT molecular complexity index is 618. The summed E-state index contributed by atoms with van der Waals surface area (Å²) in [5, 5.41) is 0. The molecule has 0 bridgehead atoms. The van der Waals surface area contributed by atoms with Gasteiger partial charge in [0.25, 0.3) is 10.1 Å². The van der Waals surface area contributed by atoms with E-state index in [2.05, 4.69) is 34.3 Å². The van der Waals surface area contributed by atoms with Crippen LogP contribution >= 0.6 is 7.26 Å². The standard InChI is InChI=1S/C16H37P.C8H8O3S/c1-5-9-13-17(14-10-6-2,15-11-7-3)16-12-8-4;1-2-7-5-3-4-6-8(7)12(9,10)11/h17H,5-16H2,1-4H3;2-6H,1H2,(H,9,10,11). The molecule has 0 fully saturated rings. The third-order valence-electron chi connectivity index (χ3n) is 5.66. The fourth-order valence-electron chi connectivity index (χ4n) is 3.84. The predicted molar refractivity (Wildman–Crippen MR) is 134 cm³/mol. The summed E-state index contributed by atoms with van der Waals surface area (Å²) in [6.45, 7) is 12.9. The van der Waals surface area contributed by atoms with E-state index in [0.29, 0.717) is 5.56 Å². The molecule has 0 aromatic heterocycles. The Hall–Kier alpha value is -0.700.